The van der Waals surface area contributed by atoms with Gasteiger partial charge in [0.25, 0.3) is 5.91 Å². The van der Waals surface area contributed by atoms with E-state index in [2.05, 4.69) is 15.0 Å². The van der Waals surface area contributed by atoms with Crippen LogP contribution in [-0.4, -0.2) is 56.0 Å². The molecule has 2 heterocycles. The van der Waals surface area contributed by atoms with E-state index in [4.69, 9.17) is 4.74 Å². The van der Waals surface area contributed by atoms with Gasteiger partial charge in [0, 0.05) is 47.5 Å². The predicted octanol–water partition coefficient (Wildman–Crippen LogP) is 3.94. The molecule has 1 fully saturated rings. The second kappa shape index (κ2) is 10.6. The summed E-state index contributed by atoms with van der Waals surface area (Å²) < 4.78 is 34.8. The summed E-state index contributed by atoms with van der Waals surface area (Å²) in [5.41, 5.74) is 1.56. The minimum absolute atomic E-state index is 0.0921. The minimum atomic E-state index is -3.88. The molecule has 10 heteroatoms. The summed E-state index contributed by atoms with van der Waals surface area (Å²) in [6.07, 6.45) is 1.72. The van der Waals surface area contributed by atoms with Gasteiger partial charge in [-0.05, 0) is 50.5 Å². The molecule has 190 valence electrons. The first kappa shape index (κ1) is 25.6. The minimum Gasteiger partial charge on any atom is -0.450 e. The van der Waals surface area contributed by atoms with E-state index in [0.29, 0.717) is 53.8 Å². The molecular formula is C26H30N4O5S. The Hall–Kier alpha value is -3.50. The van der Waals surface area contributed by atoms with Crippen molar-refractivity contribution in [2.24, 2.45) is 5.92 Å². The zero-order valence-electron chi connectivity index (χ0n) is 20.5. The van der Waals surface area contributed by atoms with Gasteiger partial charge in [0.05, 0.1) is 17.1 Å². The quantitative estimate of drug-likeness (QED) is 0.519. The van der Waals surface area contributed by atoms with E-state index in [-0.39, 0.29) is 28.9 Å². The Bertz CT molecular complexity index is 1390. The lowest BCUT2D eigenvalue weighted by Gasteiger charge is -2.36. The number of sulfonamides is 1. The van der Waals surface area contributed by atoms with E-state index in [1.54, 1.807) is 67.4 Å². The van der Waals surface area contributed by atoms with Gasteiger partial charge >= 0.3 is 6.09 Å². The summed E-state index contributed by atoms with van der Waals surface area (Å²) >= 11 is 0. The normalized spacial score (nSPS) is 18.1. The molecule has 4 rings (SSSR count). The Morgan fingerprint density at radius 3 is 2.56 bits per heavy atom. The van der Waals surface area contributed by atoms with Crippen molar-refractivity contribution in [3.05, 3.63) is 66.0 Å². The summed E-state index contributed by atoms with van der Waals surface area (Å²) in [5.74, 6) is -0.410. The van der Waals surface area contributed by atoms with E-state index >= 15 is 0 Å². The second-order valence-corrected chi connectivity index (χ2v) is 10.6. The highest BCUT2D eigenvalue weighted by atomic mass is 32.2. The molecule has 0 aliphatic carbocycles. The fourth-order valence-corrected chi connectivity index (χ4v) is 6.08. The van der Waals surface area contributed by atoms with Crippen molar-refractivity contribution in [3.63, 3.8) is 0 Å². The van der Waals surface area contributed by atoms with Crippen LogP contribution in [0.4, 0.5) is 10.5 Å². The van der Waals surface area contributed by atoms with Crippen molar-refractivity contribution >= 4 is 38.5 Å². The lowest BCUT2D eigenvalue weighted by atomic mass is 9.95. The molecule has 1 aliphatic heterocycles. The summed E-state index contributed by atoms with van der Waals surface area (Å²) in [4.78, 5) is 30.8. The average Bonchev–Trinajstić information content (AvgIpc) is 2.85. The highest BCUT2D eigenvalue weighted by Crippen LogP contribution is 2.31. The third kappa shape index (κ3) is 5.34. The molecule has 0 saturated carbocycles. The van der Waals surface area contributed by atoms with Crippen molar-refractivity contribution in [3.8, 4) is 0 Å². The van der Waals surface area contributed by atoms with Crippen molar-refractivity contribution in [2.45, 2.75) is 38.1 Å². The van der Waals surface area contributed by atoms with Gasteiger partial charge < -0.3 is 15.0 Å². The first-order valence-corrected chi connectivity index (χ1v) is 13.4. The highest BCUT2D eigenvalue weighted by Gasteiger charge is 2.33. The van der Waals surface area contributed by atoms with Crippen LogP contribution in [0.1, 0.15) is 36.3 Å². The number of ether oxygens (including phenoxy) is 1. The van der Waals surface area contributed by atoms with Crippen molar-refractivity contribution in [2.75, 3.05) is 25.0 Å². The lowest BCUT2D eigenvalue weighted by Crippen LogP contribution is -2.51. The molecule has 1 saturated heterocycles. The van der Waals surface area contributed by atoms with Crippen LogP contribution in [0.2, 0.25) is 0 Å². The average molecular weight is 511 g/mol. The number of rotatable bonds is 6. The van der Waals surface area contributed by atoms with Crippen LogP contribution in [0, 0.1) is 12.8 Å². The van der Waals surface area contributed by atoms with E-state index in [1.807, 2.05) is 6.92 Å². The fraction of sp³-hybridized carbons (Fsp3) is 0.346. The number of aryl methyl sites for hydroxylation is 1. The Balaban J connectivity index is 1.57. The van der Waals surface area contributed by atoms with E-state index < -0.39 is 10.0 Å². The number of likely N-dealkylation sites (tertiary alicyclic amines) is 1. The number of benzene rings is 2. The van der Waals surface area contributed by atoms with E-state index in [0.717, 1.165) is 0 Å². The highest BCUT2D eigenvalue weighted by molar-refractivity contribution is 7.89. The largest absolute Gasteiger partial charge is 0.450 e. The predicted molar refractivity (Wildman–Crippen MR) is 137 cm³/mol. The van der Waals surface area contributed by atoms with Crippen LogP contribution >= 0.6 is 0 Å². The fourth-order valence-electron chi connectivity index (χ4n) is 4.49. The van der Waals surface area contributed by atoms with Gasteiger partial charge in [-0.15, -0.1) is 0 Å². The first-order chi connectivity index (χ1) is 17.2. The summed E-state index contributed by atoms with van der Waals surface area (Å²) in [6.45, 7) is 6.54. The van der Waals surface area contributed by atoms with Crippen molar-refractivity contribution in [1.82, 2.24) is 14.6 Å². The molecule has 9 nitrogen and oxygen atoms in total. The number of aromatic nitrogens is 1. The monoisotopic (exact) mass is 510 g/mol. The standard InChI is InChI=1S/C26H30N4O5S/c1-4-35-26(32)30-15-13-22(17(2)16-30)29-36(33,34)24-12-11-23(20-8-5-6-9-21(20)24)28-25(31)19-10-7-14-27-18(19)3/h5-12,14,17,22,29H,4,13,15-16H2,1-3H3,(H,28,31)/t17-,22+/m1/s1. The molecule has 3 aromatic rings. The molecule has 0 radical (unpaired) electrons. The van der Waals surface area contributed by atoms with Crippen LogP contribution in [0.15, 0.2) is 59.6 Å². The molecule has 1 aliphatic rings. The molecule has 0 spiro atoms. The maximum absolute atomic E-state index is 13.5. The first-order valence-electron chi connectivity index (χ1n) is 11.9. The maximum atomic E-state index is 13.5. The number of carbonyl (C=O) groups excluding carboxylic acids is 2. The molecule has 2 amide bonds. The van der Waals surface area contributed by atoms with E-state index in [9.17, 15) is 18.0 Å². The smallest absolute Gasteiger partial charge is 0.409 e. The molecule has 0 unspecified atom stereocenters. The Kier molecular flexibility index (Phi) is 7.56. The topological polar surface area (TPSA) is 118 Å². The Labute approximate surface area is 210 Å². The summed E-state index contributed by atoms with van der Waals surface area (Å²) in [5, 5.41) is 4.01. The number of pyridine rings is 1. The summed E-state index contributed by atoms with van der Waals surface area (Å²) in [7, 11) is -3.88. The third-order valence-corrected chi connectivity index (χ3v) is 7.96. The van der Waals surface area contributed by atoms with Crippen LogP contribution in [0.3, 0.4) is 0 Å². The number of piperidine rings is 1. The van der Waals surface area contributed by atoms with Gasteiger partial charge in [-0.25, -0.2) is 17.9 Å². The summed E-state index contributed by atoms with van der Waals surface area (Å²) in [6, 6.07) is 13.2. The molecule has 0 bridgehead atoms. The maximum Gasteiger partial charge on any atom is 0.409 e. The van der Waals surface area contributed by atoms with Crippen molar-refractivity contribution < 1.29 is 22.7 Å². The van der Waals surface area contributed by atoms with Gasteiger partial charge in [-0.1, -0.05) is 31.2 Å². The number of carbonyl (C=O) groups is 2. The van der Waals surface area contributed by atoms with Gasteiger partial charge in [0.2, 0.25) is 10.0 Å². The number of hydrogen-bond donors (Lipinski definition) is 2. The number of fused-ring (bicyclic) bond motifs is 1. The van der Waals surface area contributed by atoms with Gasteiger partial charge in [-0.2, -0.15) is 0 Å². The van der Waals surface area contributed by atoms with Crippen LogP contribution in [0.25, 0.3) is 10.8 Å². The molecule has 36 heavy (non-hydrogen) atoms. The number of nitrogens with zero attached hydrogens (tertiary/aromatic N) is 2. The van der Waals surface area contributed by atoms with Gasteiger partial charge in [-0.3, -0.25) is 9.78 Å². The van der Waals surface area contributed by atoms with Crippen LogP contribution < -0.4 is 10.0 Å². The van der Waals surface area contributed by atoms with Crippen LogP contribution in [0.5, 0.6) is 0 Å². The molecule has 2 atom stereocenters. The van der Waals surface area contributed by atoms with Gasteiger partial charge in [0.15, 0.2) is 0 Å². The second-order valence-electron chi connectivity index (χ2n) is 8.89. The third-order valence-electron chi connectivity index (χ3n) is 6.41. The molecular weight excluding hydrogens is 480 g/mol. The van der Waals surface area contributed by atoms with Gasteiger partial charge in [0.1, 0.15) is 0 Å². The Morgan fingerprint density at radius 1 is 1.11 bits per heavy atom. The number of amides is 2. The molecule has 2 aromatic carbocycles. The Morgan fingerprint density at radius 2 is 1.86 bits per heavy atom. The molecule has 1 aromatic heterocycles. The number of hydrogen-bond acceptors (Lipinski definition) is 6. The zero-order valence-corrected chi connectivity index (χ0v) is 21.3. The number of nitrogens with one attached hydrogen (secondary N) is 2. The lowest BCUT2D eigenvalue weighted by molar-refractivity contribution is 0.0846. The zero-order chi connectivity index (χ0) is 25.9. The SMILES string of the molecule is CCOC(=O)N1CC[C@H](NS(=O)(=O)c2ccc(NC(=O)c3cccnc3C)c3ccccc23)[C@H](C)C1. The number of anilines is 1. The van der Waals surface area contributed by atoms with Crippen LogP contribution in [-0.2, 0) is 14.8 Å². The molecule has 2 N–H and O–H groups in total. The van der Waals surface area contributed by atoms with E-state index in [1.165, 1.54) is 6.07 Å². The van der Waals surface area contributed by atoms with Crippen molar-refractivity contribution in [1.29, 1.82) is 0 Å².